The van der Waals surface area contributed by atoms with E-state index in [0.717, 1.165) is 37.2 Å². The molecule has 4 nitrogen and oxygen atoms in total. The van der Waals surface area contributed by atoms with Gasteiger partial charge >= 0.3 is 5.97 Å². The smallest absolute Gasteiger partial charge is 0.340 e. The Hall–Kier alpha value is -2.11. The highest BCUT2D eigenvalue weighted by atomic mass is 35.5. The zero-order valence-corrected chi connectivity index (χ0v) is 15.7. The van der Waals surface area contributed by atoms with E-state index in [9.17, 15) is 9.18 Å². The van der Waals surface area contributed by atoms with E-state index in [4.69, 9.17) is 11.6 Å². The second kappa shape index (κ2) is 8.06. The summed E-state index contributed by atoms with van der Waals surface area (Å²) in [7, 11) is 3.35. The molecule has 0 aromatic heterocycles. The maximum atomic E-state index is 14.1. The van der Waals surface area contributed by atoms with Gasteiger partial charge in [0, 0.05) is 19.6 Å². The Labute approximate surface area is 157 Å². The van der Waals surface area contributed by atoms with E-state index in [2.05, 4.69) is 28.1 Å². The summed E-state index contributed by atoms with van der Waals surface area (Å²) in [6.45, 7) is 2.42. The molecular weight excluding hydrogens is 355 g/mol. The monoisotopic (exact) mass is 376 g/mol. The van der Waals surface area contributed by atoms with Crippen molar-refractivity contribution in [2.45, 2.75) is 19.4 Å². The molecule has 0 spiro atoms. The molecular formula is C20H22ClFN2O2. The van der Waals surface area contributed by atoms with Crippen LogP contribution in [0.3, 0.4) is 0 Å². The zero-order valence-electron chi connectivity index (χ0n) is 14.9. The molecule has 3 rings (SSSR count). The highest BCUT2D eigenvalue weighted by molar-refractivity contribution is 6.33. The first-order valence-corrected chi connectivity index (χ1v) is 8.97. The number of nitrogens with zero attached hydrogens (tertiary/aromatic N) is 1. The van der Waals surface area contributed by atoms with Crippen molar-refractivity contribution in [1.29, 1.82) is 0 Å². The Morgan fingerprint density at radius 1 is 1.27 bits per heavy atom. The fourth-order valence-corrected chi connectivity index (χ4v) is 3.48. The number of likely N-dealkylation sites (N-methyl/N-ethyl adjacent to an activating group) is 1. The summed E-state index contributed by atoms with van der Waals surface area (Å²) in [5, 5.41) is 4.02. The molecule has 2 aromatic rings. The van der Waals surface area contributed by atoms with Crippen molar-refractivity contribution in [3.05, 3.63) is 63.4 Å². The Kier molecular flexibility index (Phi) is 5.79. The molecule has 0 unspecified atom stereocenters. The maximum absolute atomic E-state index is 14.1. The summed E-state index contributed by atoms with van der Waals surface area (Å²) < 4.78 is 18.7. The Balaban J connectivity index is 1.80. The summed E-state index contributed by atoms with van der Waals surface area (Å²) in [5.41, 5.74) is 4.11. The quantitative estimate of drug-likeness (QED) is 0.821. The molecule has 6 heteroatoms. The van der Waals surface area contributed by atoms with Crippen LogP contribution >= 0.6 is 11.6 Å². The van der Waals surface area contributed by atoms with Gasteiger partial charge in [-0.2, -0.15) is 0 Å². The van der Waals surface area contributed by atoms with Crippen molar-refractivity contribution in [2.24, 2.45) is 0 Å². The second-order valence-corrected chi connectivity index (χ2v) is 6.93. The number of carbonyl (C=O) groups is 1. The first kappa shape index (κ1) is 18.7. The minimum atomic E-state index is -0.678. The zero-order chi connectivity index (χ0) is 18.7. The standard InChI is InChI=1S/C20H22ClFN2O2/c1-24-9-7-14-4-6-17(21)19(15(14)8-10-24)23-12-13-3-5-16(18(22)11-13)20(25)26-2/h3-6,11,23H,7-10,12H2,1-2H3. The summed E-state index contributed by atoms with van der Waals surface area (Å²) in [6.07, 6.45) is 1.91. The normalized spacial score (nSPS) is 14.5. The molecule has 0 radical (unpaired) electrons. The lowest BCUT2D eigenvalue weighted by atomic mass is 10.0. The maximum Gasteiger partial charge on any atom is 0.340 e. The van der Waals surface area contributed by atoms with E-state index in [1.165, 1.54) is 30.4 Å². The van der Waals surface area contributed by atoms with Gasteiger partial charge in [-0.3, -0.25) is 0 Å². The number of hydrogen-bond donors (Lipinski definition) is 1. The van der Waals surface area contributed by atoms with Crippen molar-refractivity contribution in [3.8, 4) is 0 Å². The van der Waals surface area contributed by atoms with Crippen molar-refractivity contribution >= 4 is 23.3 Å². The minimum absolute atomic E-state index is 0.0640. The van der Waals surface area contributed by atoms with Gasteiger partial charge < -0.3 is 15.0 Å². The predicted molar refractivity (Wildman–Crippen MR) is 101 cm³/mol. The summed E-state index contributed by atoms with van der Waals surface area (Å²) in [6, 6.07) is 8.51. The van der Waals surface area contributed by atoms with Crippen LogP contribution in [0.1, 0.15) is 27.0 Å². The van der Waals surface area contributed by atoms with Gasteiger partial charge in [-0.1, -0.05) is 23.7 Å². The van der Waals surface area contributed by atoms with Gasteiger partial charge in [0.2, 0.25) is 0 Å². The van der Waals surface area contributed by atoms with Crippen LogP contribution in [-0.4, -0.2) is 38.1 Å². The van der Waals surface area contributed by atoms with Gasteiger partial charge in [0.1, 0.15) is 5.82 Å². The first-order chi connectivity index (χ1) is 12.5. The van der Waals surface area contributed by atoms with Crippen molar-refractivity contribution in [1.82, 2.24) is 4.90 Å². The number of methoxy groups -OCH3 is 1. The van der Waals surface area contributed by atoms with Gasteiger partial charge in [0.05, 0.1) is 23.4 Å². The highest BCUT2D eigenvalue weighted by Crippen LogP contribution is 2.32. The summed E-state index contributed by atoms with van der Waals surface area (Å²) in [4.78, 5) is 13.8. The number of benzene rings is 2. The molecule has 1 N–H and O–H groups in total. The molecule has 26 heavy (non-hydrogen) atoms. The van der Waals surface area contributed by atoms with Gasteiger partial charge in [-0.05, 0) is 54.8 Å². The van der Waals surface area contributed by atoms with Crippen LogP contribution in [0.5, 0.6) is 0 Å². The van der Waals surface area contributed by atoms with Crippen molar-refractivity contribution in [3.63, 3.8) is 0 Å². The van der Waals surface area contributed by atoms with E-state index >= 15 is 0 Å². The molecule has 0 saturated heterocycles. The lowest BCUT2D eigenvalue weighted by Gasteiger charge is -2.16. The molecule has 0 bridgehead atoms. The molecule has 0 fully saturated rings. The SMILES string of the molecule is COC(=O)c1ccc(CNc2c(Cl)ccc3c2CCN(C)CC3)cc1F. The third-order valence-corrected chi connectivity index (χ3v) is 5.09. The highest BCUT2D eigenvalue weighted by Gasteiger charge is 2.17. The van der Waals surface area contributed by atoms with Crippen molar-refractivity contribution < 1.29 is 13.9 Å². The van der Waals surface area contributed by atoms with Crippen LogP contribution in [0, 0.1) is 5.82 Å². The average molecular weight is 377 g/mol. The Bertz CT molecular complexity index is 826. The van der Waals surface area contributed by atoms with Gasteiger partial charge in [-0.25, -0.2) is 9.18 Å². The third kappa shape index (κ3) is 4.00. The lowest BCUT2D eigenvalue weighted by Crippen LogP contribution is -2.20. The van der Waals surface area contributed by atoms with E-state index in [1.54, 1.807) is 6.07 Å². The van der Waals surface area contributed by atoms with Crippen LogP contribution in [0.15, 0.2) is 30.3 Å². The molecule has 2 aromatic carbocycles. The molecule has 0 atom stereocenters. The summed E-state index contributed by atoms with van der Waals surface area (Å²) >= 11 is 6.42. The Morgan fingerprint density at radius 3 is 2.77 bits per heavy atom. The molecule has 0 saturated carbocycles. The summed E-state index contributed by atoms with van der Waals surface area (Å²) in [5.74, 6) is -1.27. The number of anilines is 1. The van der Waals surface area contributed by atoms with Crippen LogP contribution in [0.25, 0.3) is 0 Å². The molecule has 1 aliphatic heterocycles. The molecule has 1 heterocycles. The predicted octanol–water partition coefficient (Wildman–Crippen LogP) is 3.91. The number of nitrogens with one attached hydrogen (secondary N) is 1. The van der Waals surface area contributed by atoms with E-state index in [1.807, 2.05) is 6.07 Å². The van der Waals surface area contributed by atoms with Crippen LogP contribution in [0.4, 0.5) is 10.1 Å². The number of ether oxygens (including phenoxy) is 1. The fourth-order valence-electron chi connectivity index (χ4n) is 3.23. The largest absolute Gasteiger partial charge is 0.465 e. The van der Waals surface area contributed by atoms with Gasteiger partial charge in [-0.15, -0.1) is 0 Å². The lowest BCUT2D eigenvalue weighted by molar-refractivity contribution is 0.0595. The van der Waals surface area contributed by atoms with E-state index in [0.29, 0.717) is 11.6 Å². The van der Waals surface area contributed by atoms with E-state index in [-0.39, 0.29) is 5.56 Å². The fraction of sp³-hybridized carbons (Fsp3) is 0.350. The number of fused-ring (bicyclic) bond motifs is 1. The number of halogens is 2. The molecule has 138 valence electrons. The molecule has 0 amide bonds. The number of esters is 1. The molecule has 1 aliphatic rings. The Morgan fingerprint density at radius 2 is 2.04 bits per heavy atom. The third-order valence-electron chi connectivity index (χ3n) is 4.77. The number of rotatable bonds is 4. The minimum Gasteiger partial charge on any atom is -0.465 e. The van der Waals surface area contributed by atoms with E-state index < -0.39 is 11.8 Å². The average Bonchev–Trinajstić information content (AvgIpc) is 2.82. The van der Waals surface area contributed by atoms with Gasteiger partial charge in [0.25, 0.3) is 0 Å². The first-order valence-electron chi connectivity index (χ1n) is 8.59. The second-order valence-electron chi connectivity index (χ2n) is 6.52. The molecule has 0 aliphatic carbocycles. The van der Waals surface area contributed by atoms with Crippen molar-refractivity contribution in [2.75, 3.05) is 32.6 Å². The van der Waals surface area contributed by atoms with Crippen LogP contribution in [-0.2, 0) is 24.1 Å². The number of carbonyl (C=O) groups excluding carboxylic acids is 1. The number of hydrogen-bond acceptors (Lipinski definition) is 4. The topological polar surface area (TPSA) is 41.6 Å². The van der Waals surface area contributed by atoms with Crippen LogP contribution < -0.4 is 5.32 Å². The van der Waals surface area contributed by atoms with Crippen LogP contribution in [0.2, 0.25) is 5.02 Å². The van der Waals surface area contributed by atoms with Gasteiger partial charge in [0.15, 0.2) is 0 Å².